The Morgan fingerprint density at radius 3 is 2.44 bits per heavy atom. The van der Waals surface area contributed by atoms with E-state index in [0.717, 1.165) is 5.39 Å². The van der Waals surface area contributed by atoms with Crippen LogP contribution in [0.15, 0.2) is 23.5 Å². The second-order valence-electron chi connectivity index (χ2n) is 6.96. The molecule has 11 nitrogen and oxygen atoms in total. The van der Waals surface area contributed by atoms with Crippen molar-refractivity contribution >= 4 is 34.5 Å². The lowest BCUT2D eigenvalue weighted by Gasteiger charge is -2.14. The van der Waals surface area contributed by atoms with Gasteiger partial charge in [-0.3, -0.25) is 4.79 Å². The smallest absolute Gasteiger partial charge is 0.251 e. The summed E-state index contributed by atoms with van der Waals surface area (Å²) in [5.74, 6) is 1.70. The van der Waals surface area contributed by atoms with Gasteiger partial charge in [0.15, 0.2) is 22.3 Å². The normalized spacial score (nSPS) is 10.9. The van der Waals surface area contributed by atoms with Crippen molar-refractivity contribution in [2.75, 3.05) is 59.2 Å². The van der Waals surface area contributed by atoms with Crippen molar-refractivity contribution < 1.29 is 23.7 Å². The lowest BCUT2D eigenvalue weighted by atomic mass is 10.1. The summed E-state index contributed by atoms with van der Waals surface area (Å²) in [5, 5.41) is 12.1. The summed E-state index contributed by atoms with van der Waals surface area (Å²) in [5.41, 5.74) is 1.09. The van der Waals surface area contributed by atoms with Crippen molar-refractivity contribution in [1.29, 1.82) is 0 Å². The standard InChI is InChI=1S/C22H30N6O5S/c1-6-33-10-8-23-19-15-13-25-28(20(15)27-22(26-19)34-5)9-7-24-21(29)14-11-16(30-2)18(32-4)17(12-14)31-3/h11-13H,6-10H2,1-5H3,(H,24,29)(H,23,26,27). The largest absolute Gasteiger partial charge is 0.493 e. The van der Waals surface area contributed by atoms with Gasteiger partial charge in [-0.15, -0.1) is 0 Å². The Hall–Kier alpha value is -3.25. The molecule has 2 aromatic heterocycles. The lowest BCUT2D eigenvalue weighted by molar-refractivity contribution is 0.0951. The van der Waals surface area contributed by atoms with E-state index in [9.17, 15) is 4.79 Å². The number of hydrogen-bond donors (Lipinski definition) is 2. The van der Waals surface area contributed by atoms with Gasteiger partial charge in [-0.1, -0.05) is 11.8 Å². The molecule has 0 aliphatic rings. The second kappa shape index (κ2) is 12.3. The SMILES string of the molecule is CCOCCNc1nc(SC)nc2c1cnn2CCNC(=O)c1cc(OC)c(OC)c(OC)c1. The number of nitrogens with zero attached hydrogens (tertiary/aromatic N) is 4. The summed E-state index contributed by atoms with van der Waals surface area (Å²) in [4.78, 5) is 21.9. The number of nitrogens with one attached hydrogen (secondary N) is 2. The minimum atomic E-state index is -0.270. The molecule has 0 aliphatic heterocycles. The van der Waals surface area contributed by atoms with Gasteiger partial charge in [0, 0.05) is 25.3 Å². The van der Waals surface area contributed by atoms with Crippen LogP contribution in [0.2, 0.25) is 0 Å². The maximum absolute atomic E-state index is 12.8. The highest BCUT2D eigenvalue weighted by molar-refractivity contribution is 7.98. The number of aromatic nitrogens is 4. The minimum Gasteiger partial charge on any atom is -0.493 e. The zero-order chi connectivity index (χ0) is 24.5. The van der Waals surface area contributed by atoms with E-state index in [2.05, 4.69) is 25.7 Å². The number of carbonyl (C=O) groups is 1. The monoisotopic (exact) mass is 490 g/mol. The van der Waals surface area contributed by atoms with Crippen LogP contribution < -0.4 is 24.8 Å². The lowest BCUT2D eigenvalue weighted by Crippen LogP contribution is -2.27. The number of fused-ring (bicyclic) bond motifs is 1. The molecular formula is C22H30N6O5S. The number of amides is 1. The Morgan fingerprint density at radius 1 is 1.09 bits per heavy atom. The highest BCUT2D eigenvalue weighted by Crippen LogP contribution is 2.38. The number of ether oxygens (including phenoxy) is 4. The third-order valence-corrected chi connectivity index (χ3v) is 5.49. The Kier molecular flexibility index (Phi) is 9.16. The van der Waals surface area contributed by atoms with Crippen molar-refractivity contribution in [3.05, 3.63) is 23.9 Å². The number of thioether (sulfide) groups is 1. The van der Waals surface area contributed by atoms with Crippen molar-refractivity contribution in [2.24, 2.45) is 0 Å². The summed E-state index contributed by atoms with van der Waals surface area (Å²) in [6, 6.07) is 3.22. The number of carbonyl (C=O) groups excluding carboxylic acids is 1. The first-order chi connectivity index (χ1) is 16.6. The van der Waals surface area contributed by atoms with Gasteiger partial charge in [-0.25, -0.2) is 14.6 Å². The average Bonchev–Trinajstić information content (AvgIpc) is 3.28. The molecule has 0 radical (unpaired) electrons. The van der Waals surface area contributed by atoms with Crippen LogP contribution in [0.1, 0.15) is 17.3 Å². The molecule has 2 heterocycles. The van der Waals surface area contributed by atoms with Gasteiger partial charge in [0.25, 0.3) is 5.91 Å². The Morgan fingerprint density at radius 2 is 1.82 bits per heavy atom. The molecule has 1 amide bonds. The van der Waals surface area contributed by atoms with E-state index in [1.165, 1.54) is 33.1 Å². The van der Waals surface area contributed by atoms with Crippen LogP contribution in [0.4, 0.5) is 5.82 Å². The van der Waals surface area contributed by atoms with E-state index < -0.39 is 0 Å². The van der Waals surface area contributed by atoms with Gasteiger partial charge in [0.2, 0.25) is 5.75 Å². The molecule has 0 aliphatic carbocycles. The Balaban J connectivity index is 1.71. The first-order valence-corrected chi connectivity index (χ1v) is 12.0. The van der Waals surface area contributed by atoms with E-state index in [4.69, 9.17) is 18.9 Å². The number of benzene rings is 1. The topological polar surface area (TPSA) is 122 Å². The number of hydrogen-bond acceptors (Lipinski definition) is 10. The summed E-state index contributed by atoms with van der Waals surface area (Å²) in [6.45, 7) is 4.61. The molecule has 0 atom stereocenters. The van der Waals surface area contributed by atoms with Crippen LogP contribution in [0, 0.1) is 0 Å². The van der Waals surface area contributed by atoms with Gasteiger partial charge in [0.05, 0.1) is 46.1 Å². The van der Waals surface area contributed by atoms with E-state index >= 15 is 0 Å². The molecule has 184 valence electrons. The highest BCUT2D eigenvalue weighted by atomic mass is 32.2. The first kappa shape index (κ1) is 25.4. The molecule has 0 bridgehead atoms. The molecule has 2 N–H and O–H groups in total. The maximum Gasteiger partial charge on any atom is 0.251 e. The van der Waals surface area contributed by atoms with E-state index in [-0.39, 0.29) is 5.91 Å². The van der Waals surface area contributed by atoms with Crippen LogP contribution >= 0.6 is 11.8 Å². The van der Waals surface area contributed by atoms with Crippen molar-refractivity contribution in [3.8, 4) is 17.2 Å². The van der Waals surface area contributed by atoms with Gasteiger partial charge < -0.3 is 29.6 Å². The number of methoxy groups -OCH3 is 3. The molecule has 34 heavy (non-hydrogen) atoms. The molecule has 0 fully saturated rings. The highest BCUT2D eigenvalue weighted by Gasteiger charge is 2.17. The predicted octanol–water partition coefficient (Wildman–Crippen LogP) is 2.45. The van der Waals surface area contributed by atoms with Gasteiger partial charge >= 0.3 is 0 Å². The number of rotatable bonds is 13. The predicted molar refractivity (Wildman–Crippen MR) is 131 cm³/mol. The van der Waals surface area contributed by atoms with Crippen molar-refractivity contribution in [2.45, 2.75) is 18.6 Å². The molecular weight excluding hydrogens is 460 g/mol. The van der Waals surface area contributed by atoms with Gasteiger partial charge in [-0.2, -0.15) is 5.10 Å². The fourth-order valence-electron chi connectivity index (χ4n) is 3.30. The summed E-state index contributed by atoms with van der Waals surface area (Å²) in [7, 11) is 4.53. The maximum atomic E-state index is 12.8. The summed E-state index contributed by atoms with van der Waals surface area (Å²) < 4.78 is 23.1. The molecule has 3 aromatic rings. The summed E-state index contributed by atoms with van der Waals surface area (Å²) >= 11 is 1.45. The Labute approximate surface area is 202 Å². The van der Waals surface area contributed by atoms with Crippen LogP contribution in [0.3, 0.4) is 0 Å². The third-order valence-electron chi connectivity index (χ3n) is 4.94. The summed E-state index contributed by atoms with van der Waals surface area (Å²) in [6.07, 6.45) is 3.65. The molecule has 0 saturated heterocycles. The molecule has 1 aromatic carbocycles. The van der Waals surface area contributed by atoms with E-state index in [0.29, 0.717) is 72.3 Å². The number of anilines is 1. The molecule has 3 rings (SSSR count). The van der Waals surface area contributed by atoms with Crippen LogP contribution in [0.25, 0.3) is 11.0 Å². The first-order valence-electron chi connectivity index (χ1n) is 10.7. The van der Waals surface area contributed by atoms with Gasteiger partial charge in [0.1, 0.15) is 5.82 Å². The van der Waals surface area contributed by atoms with Crippen LogP contribution in [-0.2, 0) is 11.3 Å². The van der Waals surface area contributed by atoms with E-state index in [1.54, 1.807) is 23.0 Å². The Bertz CT molecular complexity index is 1100. The van der Waals surface area contributed by atoms with Crippen LogP contribution in [0.5, 0.6) is 17.2 Å². The molecule has 0 saturated carbocycles. The zero-order valence-electron chi connectivity index (χ0n) is 20.0. The second-order valence-corrected chi connectivity index (χ2v) is 7.73. The molecule has 0 spiro atoms. The van der Waals surface area contributed by atoms with Gasteiger partial charge in [-0.05, 0) is 25.3 Å². The van der Waals surface area contributed by atoms with Crippen molar-refractivity contribution in [1.82, 2.24) is 25.1 Å². The molecule has 0 unspecified atom stereocenters. The van der Waals surface area contributed by atoms with Crippen LogP contribution in [-0.4, -0.2) is 79.5 Å². The van der Waals surface area contributed by atoms with E-state index in [1.807, 2.05) is 13.2 Å². The average molecular weight is 491 g/mol. The zero-order valence-corrected chi connectivity index (χ0v) is 20.8. The quantitative estimate of drug-likeness (QED) is 0.210. The fourth-order valence-corrected chi connectivity index (χ4v) is 3.66. The fraction of sp³-hybridized carbons (Fsp3) is 0.455. The third kappa shape index (κ3) is 5.81. The van der Waals surface area contributed by atoms with Crippen molar-refractivity contribution in [3.63, 3.8) is 0 Å². The minimum absolute atomic E-state index is 0.270. The molecule has 12 heteroatoms.